The van der Waals surface area contributed by atoms with Gasteiger partial charge in [-0.2, -0.15) is 0 Å². The molecular formula is C14H20N2. The van der Waals surface area contributed by atoms with Crippen LogP contribution in [0.3, 0.4) is 0 Å². The first-order chi connectivity index (χ1) is 7.86. The van der Waals surface area contributed by atoms with Crippen LogP contribution < -0.4 is 11.3 Å². The van der Waals surface area contributed by atoms with Gasteiger partial charge in [0, 0.05) is 12.0 Å². The summed E-state index contributed by atoms with van der Waals surface area (Å²) in [5.41, 5.74) is 5.93. The Morgan fingerprint density at radius 3 is 3.00 bits per heavy atom. The van der Waals surface area contributed by atoms with E-state index in [1.165, 1.54) is 17.5 Å². The third-order valence-corrected chi connectivity index (χ3v) is 3.52. The van der Waals surface area contributed by atoms with Crippen LogP contribution in [-0.4, -0.2) is 6.04 Å². The van der Waals surface area contributed by atoms with Gasteiger partial charge < -0.3 is 0 Å². The van der Waals surface area contributed by atoms with E-state index in [1.54, 1.807) is 0 Å². The van der Waals surface area contributed by atoms with E-state index in [4.69, 9.17) is 5.84 Å². The zero-order chi connectivity index (χ0) is 11.4. The summed E-state index contributed by atoms with van der Waals surface area (Å²) in [5, 5.41) is 0. The Hall–Kier alpha value is -1.12. The Balaban J connectivity index is 1.95. The SMILES string of the molecule is C=CCCCC(NN)C1Cc2ccccc21. The summed E-state index contributed by atoms with van der Waals surface area (Å²) in [5.74, 6) is 6.25. The predicted octanol–water partition coefficient (Wildman–Crippen LogP) is 2.51. The zero-order valence-electron chi connectivity index (χ0n) is 9.65. The lowest BCUT2D eigenvalue weighted by molar-refractivity contribution is 0.378. The average molecular weight is 216 g/mol. The monoisotopic (exact) mass is 216 g/mol. The summed E-state index contributed by atoms with van der Waals surface area (Å²) in [6.07, 6.45) is 6.51. The molecule has 2 nitrogen and oxygen atoms in total. The van der Waals surface area contributed by atoms with Crippen LogP contribution in [-0.2, 0) is 6.42 Å². The second-order valence-corrected chi connectivity index (χ2v) is 4.50. The largest absolute Gasteiger partial charge is 0.271 e. The Labute approximate surface area is 97.5 Å². The van der Waals surface area contributed by atoms with Gasteiger partial charge >= 0.3 is 0 Å². The predicted molar refractivity (Wildman–Crippen MR) is 68.0 cm³/mol. The highest BCUT2D eigenvalue weighted by molar-refractivity contribution is 5.41. The van der Waals surface area contributed by atoms with E-state index in [1.807, 2.05) is 6.08 Å². The molecule has 0 saturated carbocycles. The van der Waals surface area contributed by atoms with Crippen molar-refractivity contribution >= 4 is 0 Å². The number of hydrogen-bond donors (Lipinski definition) is 2. The van der Waals surface area contributed by atoms with Crippen LogP contribution in [0.2, 0.25) is 0 Å². The molecule has 16 heavy (non-hydrogen) atoms. The fourth-order valence-electron chi connectivity index (χ4n) is 2.54. The molecule has 0 heterocycles. The normalized spacial score (nSPS) is 19.7. The first-order valence-electron chi connectivity index (χ1n) is 6.01. The maximum Gasteiger partial charge on any atom is 0.0282 e. The molecule has 0 fully saturated rings. The molecule has 0 bridgehead atoms. The van der Waals surface area contributed by atoms with Gasteiger partial charge in [0.05, 0.1) is 0 Å². The summed E-state index contributed by atoms with van der Waals surface area (Å²) < 4.78 is 0. The number of hydrogen-bond acceptors (Lipinski definition) is 2. The minimum atomic E-state index is 0.412. The van der Waals surface area contributed by atoms with Gasteiger partial charge in [0.15, 0.2) is 0 Å². The summed E-state index contributed by atoms with van der Waals surface area (Å²) >= 11 is 0. The number of rotatable bonds is 6. The van der Waals surface area contributed by atoms with E-state index in [9.17, 15) is 0 Å². The third kappa shape index (κ3) is 2.18. The van der Waals surface area contributed by atoms with Gasteiger partial charge in [0.2, 0.25) is 0 Å². The van der Waals surface area contributed by atoms with Crippen molar-refractivity contribution in [1.82, 2.24) is 5.43 Å². The van der Waals surface area contributed by atoms with Crippen molar-refractivity contribution in [3.63, 3.8) is 0 Å². The second kappa shape index (κ2) is 5.28. The van der Waals surface area contributed by atoms with Gasteiger partial charge in [-0.1, -0.05) is 30.3 Å². The molecule has 0 aromatic heterocycles. The molecule has 0 saturated heterocycles. The maximum atomic E-state index is 5.65. The molecule has 0 amide bonds. The van der Waals surface area contributed by atoms with Crippen LogP contribution in [0.15, 0.2) is 36.9 Å². The van der Waals surface area contributed by atoms with Gasteiger partial charge in [-0.25, -0.2) is 0 Å². The number of nitrogens with one attached hydrogen (secondary N) is 1. The van der Waals surface area contributed by atoms with Crippen LogP contribution in [0.5, 0.6) is 0 Å². The summed E-state index contributed by atoms with van der Waals surface area (Å²) in [6.45, 7) is 3.75. The van der Waals surface area contributed by atoms with Crippen molar-refractivity contribution in [2.45, 2.75) is 37.6 Å². The molecule has 86 valence electrons. The molecule has 2 heteroatoms. The highest BCUT2D eigenvalue weighted by atomic mass is 15.2. The molecule has 1 aromatic rings. The maximum absolute atomic E-state index is 5.65. The van der Waals surface area contributed by atoms with E-state index in [0.717, 1.165) is 19.3 Å². The lowest BCUT2D eigenvalue weighted by Gasteiger charge is -2.36. The summed E-state index contributed by atoms with van der Waals surface area (Å²) in [6, 6.07) is 9.07. The van der Waals surface area contributed by atoms with Crippen molar-refractivity contribution in [3.8, 4) is 0 Å². The van der Waals surface area contributed by atoms with E-state index >= 15 is 0 Å². The van der Waals surface area contributed by atoms with Gasteiger partial charge in [0.25, 0.3) is 0 Å². The minimum absolute atomic E-state index is 0.412. The van der Waals surface area contributed by atoms with Crippen LogP contribution in [0.1, 0.15) is 36.3 Å². The summed E-state index contributed by atoms with van der Waals surface area (Å²) in [4.78, 5) is 0. The average Bonchev–Trinajstić information content (AvgIpc) is 2.29. The standard InChI is InChI=1S/C14H20N2/c1-2-3-4-9-14(16-15)13-10-11-7-5-6-8-12(11)13/h2,5-8,13-14,16H,1,3-4,9-10,15H2. The van der Waals surface area contributed by atoms with Crippen LogP contribution >= 0.6 is 0 Å². The fraction of sp³-hybridized carbons (Fsp3) is 0.429. The van der Waals surface area contributed by atoms with E-state index in [0.29, 0.717) is 12.0 Å². The Bertz CT molecular complexity index is 360. The Morgan fingerprint density at radius 2 is 2.31 bits per heavy atom. The molecule has 2 unspecified atom stereocenters. The van der Waals surface area contributed by atoms with Crippen LogP contribution in [0, 0.1) is 0 Å². The molecule has 0 aliphatic heterocycles. The number of hydrazine groups is 1. The number of benzene rings is 1. The van der Waals surface area contributed by atoms with E-state index < -0.39 is 0 Å². The molecule has 1 aliphatic rings. The highest BCUT2D eigenvalue weighted by Gasteiger charge is 2.31. The smallest absolute Gasteiger partial charge is 0.0282 e. The van der Waals surface area contributed by atoms with Gasteiger partial charge in [0.1, 0.15) is 0 Å². The molecule has 0 radical (unpaired) electrons. The van der Waals surface area contributed by atoms with Crippen molar-refractivity contribution in [2.75, 3.05) is 0 Å². The first kappa shape index (κ1) is 11.4. The highest BCUT2D eigenvalue weighted by Crippen LogP contribution is 2.38. The Kier molecular flexibility index (Phi) is 3.75. The van der Waals surface area contributed by atoms with E-state index in [-0.39, 0.29) is 0 Å². The van der Waals surface area contributed by atoms with Crippen molar-refractivity contribution in [2.24, 2.45) is 5.84 Å². The molecule has 2 atom stereocenters. The van der Waals surface area contributed by atoms with Crippen molar-refractivity contribution < 1.29 is 0 Å². The lowest BCUT2D eigenvalue weighted by Crippen LogP contribution is -2.43. The van der Waals surface area contributed by atoms with Crippen LogP contribution in [0.25, 0.3) is 0 Å². The molecule has 0 spiro atoms. The molecular weight excluding hydrogens is 196 g/mol. The lowest BCUT2D eigenvalue weighted by atomic mass is 9.72. The number of fused-ring (bicyclic) bond motifs is 1. The molecule has 1 aromatic carbocycles. The van der Waals surface area contributed by atoms with Crippen molar-refractivity contribution in [1.29, 1.82) is 0 Å². The Morgan fingerprint density at radius 1 is 1.50 bits per heavy atom. The third-order valence-electron chi connectivity index (χ3n) is 3.52. The first-order valence-corrected chi connectivity index (χ1v) is 6.01. The molecule has 3 N–H and O–H groups in total. The van der Waals surface area contributed by atoms with Crippen molar-refractivity contribution in [3.05, 3.63) is 48.0 Å². The number of nitrogens with two attached hydrogens (primary N) is 1. The summed E-state index contributed by atoms with van der Waals surface area (Å²) in [7, 11) is 0. The fourth-order valence-corrected chi connectivity index (χ4v) is 2.54. The zero-order valence-corrected chi connectivity index (χ0v) is 9.65. The van der Waals surface area contributed by atoms with Gasteiger partial charge in [-0.05, 0) is 36.8 Å². The minimum Gasteiger partial charge on any atom is -0.271 e. The van der Waals surface area contributed by atoms with Gasteiger partial charge in [-0.3, -0.25) is 11.3 Å². The van der Waals surface area contributed by atoms with Gasteiger partial charge in [-0.15, -0.1) is 6.58 Å². The topological polar surface area (TPSA) is 38.0 Å². The molecule has 2 rings (SSSR count). The quantitative estimate of drug-likeness (QED) is 0.332. The number of allylic oxidation sites excluding steroid dienone is 1. The second-order valence-electron chi connectivity index (χ2n) is 4.50. The van der Waals surface area contributed by atoms with Crippen LogP contribution in [0.4, 0.5) is 0 Å². The number of unbranched alkanes of at least 4 members (excludes halogenated alkanes) is 1. The molecule has 1 aliphatic carbocycles. The van der Waals surface area contributed by atoms with E-state index in [2.05, 4.69) is 36.3 Å².